The average Bonchev–Trinajstić information content (AvgIpc) is 3.43. The molecule has 0 spiro atoms. The van der Waals surface area contributed by atoms with Crippen molar-refractivity contribution >= 4 is 39.9 Å². The molecular formula is C25H24ClN5O2S. The summed E-state index contributed by atoms with van der Waals surface area (Å²) in [5, 5.41) is 6.46. The van der Waals surface area contributed by atoms with Crippen LogP contribution in [0.15, 0.2) is 67.0 Å². The summed E-state index contributed by atoms with van der Waals surface area (Å²) < 4.78 is 1.91. The summed E-state index contributed by atoms with van der Waals surface area (Å²) in [4.78, 5) is 36.0. The van der Waals surface area contributed by atoms with Gasteiger partial charge in [0.15, 0.2) is 11.0 Å². The van der Waals surface area contributed by atoms with Crippen molar-refractivity contribution in [1.29, 1.82) is 0 Å². The zero-order chi connectivity index (χ0) is 24.2. The van der Waals surface area contributed by atoms with Crippen molar-refractivity contribution in [3.8, 4) is 22.0 Å². The van der Waals surface area contributed by atoms with Gasteiger partial charge in [-0.1, -0.05) is 79.2 Å². The van der Waals surface area contributed by atoms with Gasteiger partial charge < -0.3 is 15.2 Å². The lowest BCUT2D eigenvalue weighted by molar-refractivity contribution is -0.118. The maximum atomic E-state index is 13.2. The van der Waals surface area contributed by atoms with E-state index in [9.17, 15) is 9.59 Å². The van der Waals surface area contributed by atoms with Crippen molar-refractivity contribution in [1.82, 2.24) is 19.9 Å². The lowest BCUT2D eigenvalue weighted by Crippen LogP contribution is -2.47. The fraction of sp³-hybridized carbons (Fsp3) is 0.200. The standard InChI is InChI=1S/C25H24ClN5O2S/c1-15(2)19(28-23(32)17-11-7-8-12-18(17)26)24(33)30-25-29-20(16-9-5-4-6-10-16)21(34-25)22-27-13-14-31(22)3/h4-15,19H,1-3H3,(H,28,32)(H,29,30,33). The summed E-state index contributed by atoms with van der Waals surface area (Å²) in [5.41, 5.74) is 1.97. The van der Waals surface area contributed by atoms with Gasteiger partial charge in [-0.25, -0.2) is 9.97 Å². The van der Waals surface area contributed by atoms with E-state index >= 15 is 0 Å². The third-order valence-electron chi connectivity index (χ3n) is 5.28. The number of carbonyl (C=O) groups excluding carboxylic acids is 2. The number of nitrogens with one attached hydrogen (secondary N) is 2. The Morgan fingerprint density at radius 3 is 2.41 bits per heavy atom. The number of amides is 2. The Morgan fingerprint density at radius 2 is 1.76 bits per heavy atom. The van der Waals surface area contributed by atoms with E-state index in [1.807, 2.05) is 62.0 Å². The number of carbonyl (C=O) groups is 2. The summed E-state index contributed by atoms with van der Waals surface area (Å²) in [6, 6.07) is 15.7. The van der Waals surface area contributed by atoms with Crippen LogP contribution in [0.5, 0.6) is 0 Å². The van der Waals surface area contributed by atoms with Crippen LogP contribution in [0.25, 0.3) is 22.0 Å². The Hall–Kier alpha value is -3.49. The van der Waals surface area contributed by atoms with Gasteiger partial charge in [-0.05, 0) is 18.1 Å². The zero-order valence-electron chi connectivity index (χ0n) is 18.9. The molecule has 0 saturated carbocycles. The largest absolute Gasteiger partial charge is 0.340 e. The lowest BCUT2D eigenvalue weighted by Gasteiger charge is -2.21. The molecule has 0 saturated heterocycles. The fourth-order valence-corrected chi connectivity index (χ4v) is 4.74. The number of nitrogens with zero attached hydrogens (tertiary/aromatic N) is 3. The zero-order valence-corrected chi connectivity index (χ0v) is 20.5. The van der Waals surface area contributed by atoms with Gasteiger partial charge >= 0.3 is 0 Å². The predicted octanol–water partition coefficient (Wildman–Crippen LogP) is 5.26. The Morgan fingerprint density at radius 1 is 1.06 bits per heavy atom. The molecule has 4 aromatic rings. The molecule has 1 atom stereocenters. The molecule has 0 fully saturated rings. The predicted molar refractivity (Wildman–Crippen MR) is 136 cm³/mol. The van der Waals surface area contributed by atoms with Crippen LogP contribution in [0, 0.1) is 5.92 Å². The minimum atomic E-state index is -0.774. The third-order valence-corrected chi connectivity index (χ3v) is 6.58. The van der Waals surface area contributed by atoms with E-state index < -0.39 is 11.9 Å². The maximum Gasteiger partial charge on any atom is 0.253 e. The number of hydrogen-bond acceptors (Lipinski definition) is 5. The van der Waals surface area contributed by atoms with Crippen LogP contribution >= 0.6 is 22.9 Å². The molecule has 1 unspecified atom stereocenters. The number of rotatable bonds is 7. The second-order valence-electron chi connectivity index (χ2n) is 8.09. The second-order valence-corrected chi connectivity index (χ2v) is 9.50. The molecule has 0 aliphatic carbocycles. The first-order valence-corrected chi connectivity index (χ1v) is 11.9. The highest BCUT2D eigenvalue weighted by molar-refractivity contribution is 7.19. The molecule has 2 amide bonds. The number of anilines is 1. The first kappa shape index (κ1) is 23.7. The third kappa shape index (κ3) is 5.03. The van der Waals surface area contributed by atoms with Crippen molar-refractivity contribution in [2.75, 3.05) is 5.32 Å². The lowest BCUT2D eigenvalue weighted by atomic mass is 10.0. The Labute approximate surface area is 206 Å². The molecule has 2 heterocycles. The highest BCUT2D eigenvalue weighted by atomic mass is 35.5. The number of halogens is 1. The quantitative estimate of drug-likeness (QED) is 0.367. The van der Waals surface area contributed by atoms with Crippen LogP contribution in [0.4, 0.5) is 5.13 Å². The molecule has 0 aliphatic heterocycles. The van der Waals surface area contributed by atoms with Crippen molar-refractivity contribution in [3.63, 3.8) is 0 Å². The molecule has 34 heavy (non-hydrogen) atoms. The van der Waals surface area contributed by atoms with E-state index in [4.69, 9.17) is 16.6 Å². The summed E-state index contributed by atoms with van der Waals surface area (Å²) in [7, 11) is 1.91. The molecule has 174 valence electrons. The number of thiazole rings is 1. The van der Waals surface area contributed by atoms with Crippen molar-refractivity contribution in [2.45, 2.75) is 19.9 Å². The van der Waals surface area contributed by atoms with Gasteiger partial charge in [0.05, 0.1) is 21.2 Å². The van der Waals surface area contributed by atoms with Crippen molar-refractivity contribution < 1.29 is 9.59 Å². The summed E-state index contributed by atoms with van der Waals surface area (Å²) in [5.74, 6) is -0.161. The first-order chi connectivity index (χ1) is 16.3. The van der Waals surface area contributed by atoms with Crippen LogP contribution in [-0.2, 0) is 11.8 Å². The SMILES string of the molecule is CC(C)C(NC(=O)c1ccccc1Cl)C(=O)Nc1nc(-c2ccccc2)c(-c2nccn2C)s1. The molecule has 2 N–H and O–H groups in total. The van der Waals surface area contributed by atoms with E-state index in [1.165, 1.54) is 11.3 Å². The average molecular weight is 494 g/mol. The molecule has 7 nitrogen and oxygen atoms in total. The Kier molecular flexibility index (Phi) is 7.09. The number of benzene rings is 2. The smallest absolute Gasteiger partial charge is 0.253 e. The maximum absolute atomic E-state index is 13.2. The number of imidazole rings is 1. The normalized spacial score (nSPS) is 11.9. The van der Waals surface area contributed by atoms with E-state index in [0.717, 1.165) is 22.0 Å². The van der Waals surface area contributed by atoms with Gasteiger partial charge in [-0.2, -0.15) is 0 Å². The van der Waals surface area contributed by atoms with Crippen LogP contribution in [0.1, 0.15) is 24.2 Å². The van der Waals surface area contributed by atoms with Crippen LogP contribution < -0.4 is 10.6 Å². The highest BCUT2D eigenvalue weighted by Gasteiger charge is 2.27. The molecule has 0 radical (unpaired) electrons. The Bertz CT molecular complexity index is 1320. The van der Waals surface area contributed by atoms with E-state index in [1.54, 1.807) is 30.5 Å². The van der Waals surface area contributed by atoms with Gasteiger partial charge in [0.1, 0.15) is 6.04 Å². The minimum Gasteiger partial charge on any atom is -0.340 e. The van der Waals surface area contributed by atoms with Crippen molar-refractivity contribution in [3.05, 3.63) is 77.6 Å². The molecule has 2 aromatic carbocycles. The van der Waals surface area contributed by atoms with Crippen LogP contribution in [0.2, 0.25) is 5.02 Å². The molecule has 4 rings (SSSR count). The summed E-state index contributed by atoms with van der Waals surface area (Å²) in [6.07, 6.45) is 3.59. The van der Waals surface area contributed by atoms with Gasteiger partial charge in [0.25, 0.3) is 5.91 Å². The molecular weight excluding hydrogens is 470 g/mol. The van der Waals surface area contributed by atoms with Gasteiger partial charge in [-0.15, -0.1) is 0 Å². The molecule has 0 aliphatic rings. The van der Waals surface area contributed by atoms with E-state index in [0.29, 0.717) is 15.7 Å². The Balaban J connectivity index is 1.61. The van der Waals surface area contributed by atoms with Gasteiger partial charge in [-0.3, -0.25) is 9.59 Å². The van der Waals surface area contributed by atoms with E-state index in [-0.39, 0.29) is 11.8 Å². The molecule has 2 aromatic heterocycles. The van der Waals surface area contributed by atoms with E-state index in [2.05, 4.69) is 15.6 Å². The topological polar surface area (TPSA) is 88.9 Å². The van der Waals surface area contributed by atoms with Crippen LogP contribution in [0.3, 0.4) is 0 Å². The van der Waals surface area contributed by atoms with Crippen LogP contribution in [-0.4, -0.2) is 32.4 Å². The second kappa shape index (κ2) is 10.2. The minimum absolute atomic E-state index is 0.158. The molecule has 9 heteroatoms. The molecule has 0 bridgehead atoms. The summed E-state index contributed by atoms with van der Waals surface area (Å²) >= 11 is 7.50. The fourth-order valence-electron chi connectivity index (χ4n) is 3.48. The number of aryl methyl sites for hydroxylation is 1. The summed E-state index contributed by atoms with van der Waals surface area (Å²) in [6.45, 7) is 3.74. The highest BCUT2D eigenvalue weighted by Crippen LogP contribution is 2.38. The van der Waals surface area contributed by atoms with Gasteiger partial charge in [0, 0.05) is 25.0 Å². The monoisotopic (exact) mass is 493 g/mol. The van der Waals surface area contributed by atoms with Gasteiger partial charge in [0.2, 0.25) is 5.91 Å². The number of hydrogen-bond donors (Lipinski definition) is 2. The van der Waals surface area contributed by atoms with Crippen molar-refractivity contribution in [2.24, 2.45) is 13.0 Å². The first-order valence-electron chi connectivity index (χ1n) is 10.8. The number of aromatic nitrogens is 3.